The zero-order valence-electron chi connectivity index (χ0n) is 15.4. The van der Waals surface area contributed by atoms with Gasteiger partial charge in [0.05, 0.1) is 24.3 Å². The zero-order valence-corrected chi connectivity index (χ0v) is 16.2. The van der Waals surface area contributed by atoms with E-state index in [2.05, 4.69) is 28.8 Å². The quantitative estimate of drug-likeness (QED) is 0.578. The van der Waals surface area contributed by atoms with Gasteiger partial charge in [-0.15, -0.1) is 18.3 Å². The van der Waals surface area contributed by atoms with E-state index in [1.165, 1.54) is 7.11 Å². The molecule has 0 saturated carbocycles. The summed E-state index contributed by atoms with van der Waals surface area (Å²) in [6.07, 6.45) is 11.2. The number of aliphatic imine (C=N–C) groups is 1. The van der Waals surface area contributed by atoms with E-state index < -0.39 is 12.2 Å². The number of ether oxygens (including phenoxy) is 1. The molecule has 0 radical (unpaired) electrons. The fraction of sp³-hybridized carbons (Fsp3) is 0.579. The first-order valence-corrected chi connectivity index (χ1v) is 9.52. The molecular weight excluding hydrogens is 336 g/mol. The number of carbonyl (C=O) groups excluding carboxylic acids is 1. The van der Waals surface area contributed by atoms with E-state index in [0.29, 0.717) is 13.0 Å². The second kappa shape index (κ2) is 11.2. The number of carbonyl (C=O) groups is 1. The molecule has 1 unspecified atom stereocenters. The minimum Gasteiger partial charge on any atom is -0.453 e. The van der Waals surface area contributed by atoms with Gasteiger partial charge in [-0.2, -0.15) is 0 Å². The second-order valence-electron chi connectivity index (χ2n) is 6.45. The van der Waals surface area contributed by atoms with Crippen molar-refractivity contribution in [1.82, 2.24) is 5.32 Å². The molecule has 1 amide bonds. The Bertz CT molecular complexity index is 527. The van der Waals surface area contributed by atoms with Crippen LogP contribution in [0.1, 0.15) is 33.1 Å². The number of alkyl carbamates (subject to hydrolysis) is 1. The van der Waals surface area contributed by atoms with E-state index in [1.54, 1.807) is 11.8 Å². The third-order valence-electron chi connectivity index (χ3n) is 4.05. The molecule has 0 aliphatic carbocycles. The predicted octanol–water partition coefficient (Wildman–Crippen LogP) is 3.71. The summed E-state index contributed by atoms with van der Waals surface area (Å²) in [7, 11) is 1.33. The Hall–Kier alpha value is -1.53. The first-order chi connectivity index (χ1) is 11.9. The van der Waals surface area contributed by atoms with Crippen molar-refractivity contribution >= 4 is 22.9 Å². The van der Waals surface area contributed by atoms with Gasteiger partial charge in [0.1, 0.15) is 0 Å². The van der Waals surface area contributed by atoms with E-state index >= 15 is 0 Å². The van der Waals surface area contributed by atoms with Crippen LogP contribution >= 0.6 is 11.8 Å². The van der Waals surface area contributed by atoms with Crippen molar-refractivity contribution < 1.29 is 14.6 Å². The molecule has 25 heavy (non-hydrogen) atoms. The molecule has 1 rings (SSSR count). The fourth-order valence-corrected chi connectivity index (χ4v) is 3.59. The molecule has 0 spiro atoms. The second-order valence-corrected chi connectivity index (χ2v) is 7.46. The van der Waals surface area contributed by atoms with Gasteiger partial charge in [0, 0.05) is 17.7 Å². The number of rotatable bonds is 10. The highest BCUT2D eigenvalue weighted by atomic mass is 32.2. The Morgan fingerprint density at radius 1 is 1.48 bits per heavy atom. The number of thioether (sulfide) groups is 1. The van der Waals surface area contributed by atoms with Crippen LogP contribution in [0.4, 0.5) is 4.79 Å². The Morgan fingerprint density at radius 3 is 2.92 bits per heavy atom. The molecule has 6 heteroatoms. The van der Waals surface area contributed by atoms with Crippen LogP contribution in [0.2, 0.25) is 0 Å². The van der Waals surface area contributed by atoms with Gasteiger partial charge in [0.15, 0.2) is 0 Å². The molecule has 2 atom stereocenters. The van der Waals surface area contributed by atoms with Crippen LogP contribution < -0.4 is 5.32 Å². The summed E-state index contributed by atoms with van der Waals surface area (Å²) >= 11 is 1.74. The molecule has 140 valence electrons. The fourth-order valence-electron chi connectivity index (χ4n) is 2.29. The van der Waals surface area contributed by atoms with E-state index in [9.17, 15) is 9.90 Å². The monoisotopic (exact) mass is 366 g/mol. The third-order valence-corrected chi connectivity index (χ3v) is 5.51. The van der Waals surface area contributed by atoms with E-state index in [0.717, 1.165) is 23.6 Å². The molecular formula is C19H30N2O3S. The molecule has 1 aliphatic heterocycles. The Labute approximate surface area is 155 Å². The summed E-state index contributed by atoms with van der Waals surface area (Å²) in [5, 5.41) is 14.1. The van der Waals surface area contributed by atoms with Gasteiger partial charge in [-0.3, -0.25) is 4.99 Å². The Balaban J connectivity index is 2.48. The average molecular weight is 367 g/mol. The molecule has 1 heterocycles. The van der Waals surface area contributed by atoms with Gasteiger partial charge in [-0.25, -0.2) is 4.79 Å². The summed E-state index contributed by atoms with van der Waals surface area (Å²) in [6.45, 7) is 8.14. The largest absolute Gasteiger partial charge is 0.453 e. The van der Waals surface area contributed by atoms with Gasteiger partial charge >= 0.3 is 6.09 Å². The molecule has 0 aromatic heterocycles. The van der Waals surface area contributed by atoms with Crippen LogP contribution in [0.3, 0.4) is 0 Å². The highest BCUT2D eigenvalue weighted by Gasteiger charge is 2.36. The molecule has 0 aromatic rings. The molecule has 0 aromatic carbocycles. The van der Waals surface area contributed by atoms with Crippen molar-refractivity contribution in [3.63, 3.8) is 0 Å². The van der Waals surface area contributed by atoms with Crippen molar-refractivity contribution in [2.24, 2.45) is 10.4 Å². The standard InChI is InChI=1S/C19H30N2O3S/c1-5-6-7-8-11-15-14-25-17(21-15)19(2,3)16(22)12-9-10-13-20-18(23)24-4/h5,7-10,15-16,22H,1,6,11-14H2,2-4H3,(H,20,23)/b8-7-,10-9-/t15-,16?/m1/s1. The first-order valence-electron chi connectivity index (χ1n) is 8.53. The number of allylic oxidation sites excluding steroid dienone is 2. The van der Waals surface area contributed by atoms with Crippen LogP contribution in [0, 0.1) is 5.41 Å². The topological polar surface area (TPSA) is 70.9 Å². The van der Waals surface area contributed by atoms with Crippen molar-refractivity contribution in [3.8, 4) is 0 Å². The molecule has 2 N–H and O–H groups in total. The number of hydrogen-bond donors (Lipinski definition) is 2. The lowest BCUT2D eigenvalue weighted by Gasteiger charge is -2.29. The van der Waals surface area contributed by atoms with Gasteiger partial charge in [-0.05, 0) is 19.3 Å². The van der Waals surface area contributed by atoms with Crippen molar-refractivity contribution in [3.05, 3.63) is 37.0 Å². The number of amides is 1. The number of methoxy groups -OCH3 is 1. The van der Waals surface area contributed by atoms with Crippen molar-refractivity contribution in [2.75, 3.05) is 19.4 Å². The number of hydrogen-bond acceptors (Lipinski definition) is 5. The lowest BCUT2D eigenvalue weighted by Crippen LogP contribution is -2.35. The maximum Gasteiger partial charge on any atom is 0.407 e. The Kier molecular flexibility index (Phi) is 9.60. The van der Waals surface area contributed by atoms with Gasteiger partial charge < -0.3 is 15.2 Å². The summed E-state index contributed by atoms with van der Waals surface area (Å²) in [6, 6.07) is 0.285. The minimum absolute atomic E-state index is 0.285. The zero-order chi connectivity index (χ0) is 18.7. The van der Waals surface area contributed by atoms with Crippen LogP contribution in [0.5, 0.6) is 0 Å². The predicted molar refractivity (Wildman–Crippen MR) is 106 cm³/mol. The summed E-state index contributed by atoms with van der Waals surface area (Å²) in [5.41, 5.74) is -0.385. The summed E-state index contributed by atoms with van der Waals surface area (Å²) in [4.78, 5) is 15.7. The number of aliphatic hydroxyl groups is 1. The first kappa shape index (κ1) is 21.5. The van der Waals surface area contributed by atoms with Crippen molar-refractivity contribution in [2.45, 2.75) is 45.3 Å². The molecule has 0 fully saturated rings. The lowest BCUT2D eigenvalue weighted by atomic mass is 9.85. The highest BCUT2D eigenvalue weighted by Crippen LogP contribution is 2.36. The maximum absolute atomic E-state index is 10.9. The summed E-state index contributed by atoms with van der Waals surface area (Å²) in [5.74, 6) is 0.961. The third kappa shape index (κ3) is 7.48. The van der Waals surface area contributed by atoms with Crippen molar-refractivity contribution in [1.29, 1.82) is 0 Å². The van der Waals surface area contributed by atoms with Crippen LogP contribution in [0.25, 0.3) is 0 Å². The normalized spacial score (nSPS) is 19.2. The molecule has 0 saturated heterocycles. The maximum atomic E-state index is 10.9. The van der Waals surface area contributed by atoms with E-state index in [1.807, 2.05) is 32.1 Å². The van der Waals surface area contributed by atoms with Crippen LogP contribution in [-0.2, 0) is 4.74 Å². The average Bonchev–Trinajstić information content (AvgIpc) is 3.07. The van der Waals surface area contributed by atoms with E-state index in [-0.39, 0.29) is 11.5 Å². The van der Waals surface area contributed by atoms with Crippen LogP contribution in [-0.4, -0.2) is 47.8 Å². The Morgan fingerprint density at radius 2 is 2.24 bits per heavy atom. The molecule has 5 nitrogen and oxygen atoms in total. The van der Waals surface area contributed by atoms with Gasteiger partial charge in [0.2, 0.25) is 0 Å². The smallest absolute Gasteiger partial charge is 0.407 e. The number of nitrogens with zero attached hydrogens (tertiary/aromatic N) is 1. The van der Waals surface area contributed by atoms with Crippen LogP contribution in [0.15, 0.2) is 42.0 Å². The lowest BCUT2D eigenvalue weighted by molar-refractivity contribution is 0.0983. The van der Waals surface area contributed by atoms with E-state index in [4.69, 9.17) is 4.99 Å². The number of aliphatic hydroxyl groups excluding tert-OH is 1. The summed E-state index contributed by atoms with van der Waals surface area (Å²) < 4.78 is 4.49. The number of nitrogens with one attached hydrogen (secondary N) is 1. The highest BCUT2D eigenvalue weighted by molar-refractivity contribution is 8.14. The SMILES string of the molecule is C=CC/C=C\C[C@@H]1CSC(C(C)(C)C(O)C/C=C\CNC(=O)OC)=N1. The minimum atomic E-state index is -0.525. The van der Waals surface area contributed by atoms with Gasteiger partial charge in [0.25, 0.3) is 0 Å². The molecule has 1 aliphatic rings. The van der Waals surface area contributed by atoms with Gasteiger partial charge in [-0.1, -0.05) is 44.2 Å². The molecule has 0 bridgehead atoms.